The van der Waals surface area contributed by atoms with Crippen LogP contribution >= 0.6 is 0 Å². The van der Waals surface area contributed by atoms with Gasteiger partial charge in [0, 0.05) is 31.5 Å². The Morgan fingerprint density at radius 1 is 0.879 bits per heavy atom. The summed E-state index contributed by atoms with van der Waals surface area (Å²) >= 11 is 0. The standard InChI is InChI=1S/C27H30N4O2/c1-20-9-3-4-10-23(20)29-27(33)28-22-15-13-21(14-16-22)19-26(32)30(2)24-11-5-6-12-25(24)31-17-7-8-18-31/h3-6,9-16H,7-8,17-19H2,1-2H3,(H2,28,29,33). The fourth-order valence-corrected chi connectivity index (χ4v) is 4.10. The molecule has 0 radical (unpaired) electrons. The summed E-state index contributed by atoms with van der Waals surface area (Å²) in [5.74, 6) is 0.0275. The fraction of sp³-hybridized carbons (Fsp3) is 0.259. The molecule has 33 heavy (non-hydrogen) atoms. The summed E-state index contributed by atoms with van der Waals surface area (Å²) < 4.78 is 0. The van der Waals surface area contributed by atoms with E-state index in [9.17, 15) is 9.59 Å². The van der Waals surface area contributed by atoms with Gasteiger partial charge in [-0.1, -0.05) is 42.5 Å². The molecule has 0 atom stereocenters. The third kappa shape index (κ3) is 5.52. The van der Waals surface area contributed by atoms with Crippen molar-refractivity contribution in [2.24, 2.45) is 0 Å². The summed E-state index contributed by atoms with van der Waals surface area (Å²) in [5, 5.41) is 5.69. The van der Waals surface area contributed by atoms with Crippen molar-refractivity contribution >= 4 is 34.7 Å². The molecule has 0 aromatic heterocycles. The van der Waals surface area contributed by atoms with Gasteiger partial charge in [0.25, 0.3) is 0 Å². The number of hydrogen-bond acceptors (Lipinski definition) is 3. The van der Waals surface area contributed by atoms with Crippen LogP contribution in [0.4, 0.5) is 27.5 Å². The average Bonchev–Trinajstić information content (AvgIpc) is 3.36. The van der Waals surface area contributed by atoms with Crippen molar-refractivity contribution in [3.63, 3.8) is 0 Å². The lowest BCUT2D eigenvalue weighted by Crippen LogP contribution is -2.30. The quantitative estimate of drug-likeness (QED) is 0.534. The van der Waals surface area contributed by atoms with Gasteiger partial charge in [-0.15, -0.1) is 0 Å². The Labute approximate surface area is 195 Å². The Bertz CT molecular complexity index is 1120. The highest BCUT2D eigenvalue weighted by molar-refractivity contribution is 6.00. The lowest BCUT2D eigenvalue weighted by Gasteiger charge is -2.26. The van der Waals surface area contributed by atoms with Crippen LogP contribution in [0, 0.1) is 6.92 Å². The van der Waals surface area contributed by atoms with Crippen molar-refractivity contribution in [1.82, 2.24) is 0 Å². The Morgan fingerprint density at radius 3 is 2.27 bits per heavy atom. The highest BCUT2D eigenvalue weighted by Gasteiger charge is 2.20. The van der Waals surface area contributed by atoms with E-state index in [1.54, 1.807) is 4.90 Å². The van der Waals surface area contributed by atoms with Gasteiger partial charge in [-0.05, 0) is 61.2 Å². The van der Waals surface area contributed by atoms with E-state index in [1.165, 1.54) is 12.8 Å². The number of benzene rings is 3. The first-order valence-corrected chi connectivity index (χ1v) is 11.3. The number of hydrogen-bond donors (Lipinski definition) is 2. The molecule has 1 fully saturated rings. The molecule has 2 N–H and O–H groups in total. The summed E-state index contributed by atoms with van der Waals surface area (Å²) in [6.45, 7) is 4.01. The van der Waals surface area contributed by atoms with Gasteiger partial charge in [0.1, 0.15) is 0 Å². The number of carbonyl (C=O) groups excluding carboxylic acids is 2. The van der Waals surface area contributed by atoms with Crippen molar-refractivity contribution in [2.45, 2.75) is 26.2 Å². The van der Waals surface area contributed by atoms with Crippen LogP contribution in [0.2, 0.25) is 0 Å². The summed E-state index contributed by atoms with van der Waals surface area (Å²) in [7, 11) is 1.84. The van der Waals surface area contributed by atoms with E-state index < -0.39 is 0 Å². The molecule has 3 aromatic rings. The van der Waals surface area contributed by atoms with Gasteiger partial charge >= 0.3 is 6.03 Å². The van der Waals surface area contributed by atoms with E-state index in [2.05, 4.69) is 21.6 Å². The first-order valence-electron chi connectivity index (χ1n) is 11.3. The van der Waals surface area contributed by atoms with Crippen LogP contribution in [0.3, 0.4) is 0 Å². The molecular formula is C27H30N4O2. The molecular weight excluding hydrogens is 412 g/mol. The smallest absolute Gasteiger partial charge is 0.323 e. The van der Waals surface area contributed by atoms with E-state index >= 15 is 0 Å². The Hall–Kier alpha value is -3.80. The molecule has 3 aromatic carbocycles. The van der Waals surface area contributed by atoms with Crippen LogP contribution in [0.15, 0.2) is 72.8 Å². The summed E-state index contributed by atoms with van der Waals surface area (Å²) in [6.07, 6.45) is 2.67. The second kappa shape index (κ2) is 10.2. The molecule has 0 aliphatic carbocycles. The largest absolute Gasteiger partial charge is 0.370 e. The Kier molecular flexibility index (Phi) is 6.93. The van der Waals surface area contributed by atoms with E-state index in [-0.39, 0.29) is 11.9 Å². The van der Waals surface area contributed by atoms with E-state index in [0.29, 0.717) is 12.1 Å². The number of nitrogens with zero attached hydrogens (tertiary/aromatic N) is 2. The number of carbonyl (C=O) groups is 2. The third-order valence-electron chi connectivity index (χ3n) is 6.02. The van der Waals surface area contributed by atoms with Crippen LogP contribution in [-0.2, 0) is 11.2 Å². The van der Waals surface area contributed by atoms with Crippen LogP contribution in [0.1, 0.15) is 24.0 Å². The molecule has 6 heteroatoms. The van der Waals surface area contributed by atoms with Crippen LogP contribution in [0.5, 0.6) is 0 Å². The van der Waals surface area contributed by atoms with Gasteiger partial charge < -0.3 is 20.4 Å². The lowest BCUT2D eigenvalue weighted by atomic mass is 10.1. The number of para-hydroxylation sites is 3. The minimum atomic E-state index is -0.300. The molecule has 6 nitrogen and oxygen atoms in total. The SMILES string of the molecule is Cc1ccccc1NC(=O)Nc1ccc(CC(=O)N(C)c2ccccc2N2CCCC2)cc1. The Morgan fingerprint density at radius 2 is 1.55 bits per heavy atom. The number of aryl methyl sites for hydroxylation is 1. The molecule has 1 heterocycles. The zero-order valence-electron chi connectivity index (χ0n) is 19.2. The summed E-state index contributed by atoms with van der Waals surface area (Å²) in [6, 6.07) is 22.8. The zero-order valence-corrected chi connectivity index (χ0v) is 19.2. The molecule has 1 aliphatic heterocycles. The monoisotopic (exact) mass is 442 g/mol. The minimum Gasteiger partial charge on any atom is -0.370 e. The molecule has 4 rings (SSSR count). The lowest BCUT2D eigenvalue weighted by molar-refractivity contribution is -0.117. The Balaban J connectivity index is 1.36. The summed E-state index contributed by atoms with van der Waals surface area (Å²) in [5.41, 5.74) is 5.40. The predicted molar refractivity (Wildman–Crippen MR) is 135 cm³/mol. The molecule has 1 aliphatic rings. The van der Waals surface area contributed by atoms with Crippen molar-refractivity contribution in [1.29, 1.82) is 0 Å². The molecule has 3 amide bonds. The van der Waals surface area contributed by atoms with Gasteiger partial charge in [0.2, 0.25) is 5.91 Å². The van der Waals surface area contributed by atoms with E-state index in [1.807, 2.05) is 80.7 Å². The number of urea groups is 1. The molecule has 1 saturated heterocycles. The normalized spacial score (nSPS) is 13.0. The second-order valence-electron chi connectivity index (χ2n) is 8.40. The molecule has 0 unspecified atom stereocenters. The maximum Gasteiger partial charge on any atom is 0.323 e. The highest BCUT2D eigenvalue weighted by atomic mass is 16.2. The van der Waals surface area contributed by atoms with Crippen molar-refractivity contribution < 1.29 is 9.59 Å². The number of likely N-dealkylation sites (N-methyl/N-ethyl adjacent to an activating group) is 1. The zero-order chi connectivity index (χ0) is 23.2. The maximum atomic E-state index is 13.0. The van der Waals surface area contributed by atoms with Gasteiger partial charge in [0.15, 0.2) is 0 Å². The maximum absolute atomic E-state index is 13.0. The van der Waals surface area contributed by atoms with Crippen LogP contribution < -0.4 is 20.4 Å². The predicted octanol–water partition coefficient (Wildman–Crippen LogP) is 5.44. The van der Waals surface area contributed by atoms with Gasteiger partial charge in [0.05, 0.1) is 17.8 Å². The van der Waals surface area contributed by atoms with Gasteiger partial charge in [-0.3, -0.25) is 4.79 Å². The molecule has 0 bridgehead atoms. The number of amides is 3. The third-order valence-corrected chi connectivity index (χ3v) is 6.02. The molecule has 0 saturated carbocycles. The highest BCUT2D eigenvalue weighted by Crippen LogP contribution is 2.31. The minimum absolute atomic E-state index is 0.0275. The number of nitrogens with one attached hydrogen (secondary N) is 2. The number of rotatable bonds is 6. The van der Waals surface area contributed by atoms with Crippen molar-refractivity contribution in [3.05, 3.63) is 83.9 Å². The first-order chi connectivity index (χ1) is 16.0. The van der Waals surface area contributed by atoms with Gasteiger partial charge in [-0.25, -0.2) is 4.79 Å². The van der Waals surface area contributed by atoms with E-state index in [4.69, 9.17) is 0 Å². The van der Waals surface area contributed by atoms with Crippen LogP contribution in [0.25, 0.3) is 0 Å². The first kappa shape index (κ1) is 22.4. The number of anilines is 4. The second-order valence-corrected chi connectivity index (χ2v) is 8.40. The molecule has 0 spiro atoms. The van der Waals surface area contributed by atoms with Crippen molar-refractivity contribution in [3.8, 4) is 0 Å². The van der Waals surface area contributed by atoms with Crippen molar-refractivity contribution in [2.75, 3.05) is 40.6 Å². The van der Waals surface area contributed by atoms with Crippen LogP contribution in [-0.4, -0.2) is 32.1 Å². The summed E-state index contributed by atoms with van der Waals surface area (Å²) in [4.78, 5) is 29.4. The average molecular weight is 443 g/mol. The fourth-order valence-electron chi connectivity index (χ4n) is 4.10. The van der Waals surface area contributed by atoms with Gasteiger partial charge in [-0.2, -0.15) is 0 Å². The topological polar surface area (TPSA) is 64.7 Å². The molecule has 170 valence electrons. The van der Waals surface area contributed by atoms with E-state index in [0.717, 1.165) is 41.3 Å².